The predicted molar refractivity (Wildman–Crippen MR) is 80.1 cm³/mol. The Morgan fingerprint density at radius 3 is 2.27 bits per heavy atom. The van der Waals surface area contributed by atoms with Crippen LogP contribution in [0.3, 0.4) is 0 Å². The molecule has 2 rings (SSSR count). The molecule has 114 valence electrons. The Balaban J connectivity index is 2.37. The standard InChI is InChI=1S/C16H15F2N3O/c17-12-5-1-3-10(7-12)8-14(15(22)21-16(19)20)11-4-2-6-13(18)9-11/h1-7,9,14H,8H2,(H4,19,20,21,22)/t14-/m1/s1. The van der Waals surface area contributed by atoms with E-state index in [9.17, 15) is 13.6 Å². The van der Waals surface area contributed by atoms with E-state index in [0.29, 0.717) is 11.1 Å². The van der Waals surface area contributed by atoms with Crippen LogP contribution in [0.5, 0.6) is 0 Å². The van der Waals surface area contributed by atoms with Crippen LogP contribution in [0.4, 0.5) is 8.78 Å². The van der Waals surface area contributed by atoms with Crippen LogP contribution in [0.25, 0.3) is 0 Å². The van der Waals surface area contributed by atoms with E-state index in [1.165, 1.54) is 30.3 Å². The number of benzene rings is 2. The van der Waals surface area contributed by atoms with Crippen molar-refractivity contribution in [2.24, 2.45) is 16.5 Å². The first kappa shape index (κ1) is 15.6. The van der Waals surface area contributed by atoms with Gasteiger partial charge in [0.1, 0.15) is 11.6 Å². The van der Waals surface area contributed by atoms with Crippen molar-refractivity contribution in [3.05, 3.63) is 71.3 Å². The zero-order valence-electron chi connectivity index (χ0n) is 11.7. The summed E-state index contributed by atoms with van der Waals surface area (Å²) in [4.78, 5) is 15.7. The summed E-state index contributed by atoms with van der Waals surface area (Å²) in [6, 6.07) is 11.4. The number of amides is 1. The third-order valence-corrected chi connectivity index (χ3v) is 3.12. The lowest BCUT2D eigenvalue weighted by Crippen LogP contribution is -2.26. The molecule has 22 heavy (non-hydrogen) atoms. The van der Waals surface area contributed by atoms with Gasteiger partial charge in [-0.25, -0.2) is 8.78 Å². The van der Waals surface area contributed by atoms with Gasteiger partial charge in [-0.2, -0.15) is 4.99 Å². The molecule has 2 aromatic rings. The molecule has 0 fully saturated rings. The van der Waals surface area contributed by atoms with Crippen LogP contribution < -0.4 is 11.5 Å². The largest absolute Gasteiger partial charge is 0.370 e. The summed E-state index contributed by atoms with van der Waals surface area (Å²) in [6.07, 6.45) is 0.164. The van der Waals surface area contributed by atoms with E-state index >= 15 is 0 Å². The number of hydrogen-bond donors (Lipinski definition) is 2. The molecule has 1 atom stereocenters. The van der Waals surface area contributed by atoms with E-state index < -0.39 is 23.5 Å². The third-order valence-electron chi connectivity index (χ3n) is 3.12. The van der Waals surface area contributed by atoms with Gasteiger partial charge >= 0.3 is 0 Å². The van der Waals surface area contributed by atoms with E-state index in [1.807, 2.05) is 0 Å². The molecule has 2 aromatic carbocycles. The molecule has 4 N–H and O–H groups in total. The first-order valence-electron chi connectivity index (χ1n) is 6.59. The third kappa shape index (κ3) is 4.12. The molecule has 0 saturated carbocycles. The summed E-state index contributed by atoms with van der Waals surface area (Å²) in [6.45, 7) is 0. The lowest BCUT2D eigenvalue weighted by Gasteiger charge is -2.14. The SMILES string of the molecule is NC(N)=NC(=O)[C@H](Cc1cccc(F)c1)c1cccc(F)c1. The van der Waals surface area contributed by atoms with Crippen molar-refractivity contribution in [3.63, 3.8) is 0 Å². The first-order valence-corrected chi connectivity index (χ1v) is 6.59. The number of carbonyl (C=O) groups is 1. The quantitative estimate of drug-likeness (QED) is 0.670. The van der Waals surface area contributed by atoms with Gasteiger partial charge in [0.15, 0.2) is 5.96 Å². The van der Waals surface area contributed by atoms with Crippen molar-refractivity contribution in [2.75, 3.05) is 0 Å². The number of aliphatic imine (C=N–C) groups is 1. The summed E-state index contributed by atoms with van der Waals surface area (Å²) < 4.78 is 26.7. The zero-order chi connectivity index (χ0) is 16.1. The Morgan fingerprint density at radius 2 is 1.68 bits per heavy atom. The highest BCUT2D eigenvalue weighted by molar-refractivity contribution is 5.95. The fourth-order valence-electron chi connectivity index (χ4n) is 2.18. The van der Waals surface area contributed by atoms with E-state index in [1.54, 1.807) is 18.2 Å². The second kappa shape index (κ2) is 6.80. The van der Waals surface area contributed by atoms with Crippen molar-refractivity contribution in [1.82, 2.24) is 0 Å². The number of carbonyl (C=O) groups excluding carboxylic acids is 1. The van der Waals surface area contributed by atoms with Crippen LogP contribution in [-0.2, 0) is 11.2 Å². The van der Waals surface area contributed by atoms with Crippen LogP contribution in [0, 0.1) is 11.6 Å². The molecule has 1 amide bonds. The van der Waals surface area contributed by atoms with E-state index in [-0.39, 0.29) is 12.4 Å². The molecule has 0 spiro atoms. The molecule has 6 heteroatoms. The van der Waals surface area contributed by atoms with Crippen LogP contribution in [-0.4, -0.2) is 11.9 Å². The normalized spacial score (nSPS) is 11.7. The number of guanidine groups is 1. The highest BCUT2D eigenvalue weighted by Crippen LogP contribution is 2.23. The van der Waals surface area contributed by atoms with E-state index in [2.05, 4.69) is 4.99 Å². The Kier molecular flexibility index (Phi) is 4.83. The fraction of sp³-hybridized carbons (Fsp3) is 0.125. The van der Waals surface area contributed by atoms with Crippen LogP contribution >= 0.6 is 0 Å². The van der Waals surface area contributed by atoms with Crippen LogP contribution in [0.2, 0.25) is 0 Å². The second-order valence-electron chi connectivity index (χ2n) is 4.82. The molecule has 0 aliphatic carbocycles. The van der Waals surface area contributed by atoms with Crippen molar-refractivity contribution in [2.45, 2.75) is 12.3 Å². The van der Waals surface area contributed by atoms with Gasteiger partial charge < -0.3 is 11.5 Å². The molecule has 0 unspecified atom stereocenters. The number of rotatable bonds is 4. The average Bonchev–Trinajstić information content (AvgIpc) is 2.44. The van der Waals surface area contributed by atoms with Crippen molar-refractivity contribution < 1.29 is 13.6 Å². The van der Waals surface area contributed by atoms with Crippen molar-refractivity contribution in [1.29, 1.82) is 0 Å². The lowest BCUT2D eigenvalue weighted by atomic mass is 9.91. The van der Waals surface area contributed by atoms with E-state index in [0.717, 1.165) is 0 Å². The first-order chi connectivity index (χ1) is 10.5. The van der Waals surface area contributed by atoms with E-state index in [4.69, 9.17) is 11.5 Å². The fourth-order valence-corrected chi connectivity index (χ4v) is 2.18. The molecule has 0 aliphatic heterocycles. The number of nitrogens with two attached hydrogens (primary N) is 2. The molecule has 0 saturated heterocycles. The Morgan fingerprint density at radius 1 is 1.05 bits per heavy atom. The van der Waals surface area contributed by atoms with Gasteiger partial charge in [0, 0.05) is 0 Å². The molecule has 0 heterocycles. The Hall–Kier alpha value is -2.76. The summed E-state index contributed by atoms with van der Waals surface area (Å²) in [5, 5.41) is 0. The van der Waals surface area contributed by atoms with Gasteiger partial charge in [0.2, 0.25) is 0 Å². The minimum absolute atomic E-state index is 0.164. The summed E-state index contributed by atoms with van der Waals surface area (Å²) >= 11 is 0. The smallest absolute Gasteiger partial charge is 0.256 e. The zero-order valence-corrected chi connectivity index (χ0v) is 11.7. The maximum Gasteiger partial charge on any atom is 0.256 e. The second-order valence-corrected chi connectivity index (χ2v) is 4.82. The summed E-state index contributed by atoms with van der Waals surface area (Å²) in [5.74, 6) is -2.65. The van der Waals surface area contributed by atoms with Gasteiger partial charge in [-0.1, -0.05) is 24.3 Å². The van der Waals surface area contributed by atoms with Crippen molar-refractivity contribution >= 4 is 11.9 Å². The number of nitrogens with zero attached hydrogens (tertiary/aromatic N) is 1. The Bertz CT molecular complexity index is 712. The van der Waals surface area contributed by atoms with Crippen molar-refractivity contribution in [3.8, 4) is 0 Å². The maximum absolute atomic E-state index is 13.4. The molecule has 4 nitrogen and oxygen atoms in total. The highest BCUT2D eigenvalue weighted by atomic mass is 19.1. The maximum atomic E-state index is 13.4. The molecule has 0 aliphatic rings. The molecule has 0 radical (unpaired) electrons. The molecular weight excluding hydrogens is 288 g/mol. The van der Waals surface area contributed by atoms with Gasteiger partial charge in [-0.3, -0.25) is 4.79 Å². The van der Waals surface area contributed by atoms with Gasteiger partial charge in [-0.15, -0.1) is 0 Å². The molecular formula is C16H15F2N3O. The minimum Gasteiger partial charge on any atom is -0.370 e. The highest BCUT2D eigenvalue weighted by Gasteiger charge is 2.21. The van der Waals surface area contributed by atoms with Gasteiger partial charge in [0.05, 0.1) is 5.92 Å². The predicted octanol–water partition coefficient (Wildman–Crippen LogP) is 2.09. The summed E-state index contributed by atoms with van der Waals surface area (Å²) in [5.41, 5.74) is 11.5. The topological polar surface area (TPSA) is 81.5 Å². The average molecular weight is 303 g/mol. The van der Waals surface area contributed by atoms with Crippen LogP contribution in [0.15, 0.2) is 53.5 Å². The molecule has 0 aromatic heterocycles. The van der Waals surface area contributed by atoms with Crippen LogP contribution in [0.1, 0.15) is 17.0 Å². The summed E-state index contributed by atoms with van der Waals surface area (Å²) in [7, 11) is 0. The van der Waals surface area contributed by atoms with Gasteiger partial charge in [0.25, 0.3) is 5.91 Å². The monoisotopic (exact) mass is 303 g/mol. The number of hydrogen-bond acceptors (Lipinski definition) is 1. The molecule has 0 bridgehead atoms. The minimum atomic E-state index is -0.792. The van der Waals surface area contributed by atoms with Gasteiger partial charge in [-0.05, 0) is 41.8 Å². The lowest BCUT2D eigenvalue weighted by molar-refractivity contribution is -0.119. The Labute approximate surface area is 126 Å². The number of halogens is 2.